The Balaban J connectivity index is 3.15. The molecule has 0 unspecified atom stereocenters. The zero-order valence-electron chi connectivity index (χ0n) is 6.64. The molecule has 2 nitrogen and oxygen atoms in total. The van der Waals surface area contributed by atoms with E-state index in [0.717, 1.165) is 6.07 Å². The van der Waals surface area contributed by atoms with Crippen LogP contribution in [0.15, 0.2) is 12.1 Å². The van der Waals surface area contributed by atoms with Gasteiger partial charge in [-0.05, 0) is 6.07 Å². The molecule has 0 saturated heterocycles. The number of benzene rings is 1. The van der Waals surface area contributed by atoms with Crippen LogP contribution in [-0.4, -0.2) is 12.9 Å². The summed E-state index contributed by atoms with van der Waals surface area (Å²) in [4.78, 5) is 10.4. The van der Waals surface area contributed by atoms with Crippen LogP contribution in [-0.2, 0) is 0 Å². The van der Waals surface area contributed by atoms with E-state index < -0.39 is 6.61 Å². The van der Waals surface area contributed by atoms with E-state index in [-0.39, 0.29) is 21.4 Å². The summed E-state index contributed by atoms with van der Waals surface area (Å²) in [5.41, 5.74) is 0.00909. The Kier molecular flexibility index (Phi) is 3.66. The molecule has 0 spiro atoms. The van der Waals surface area contributed by atoms with Gasteiger partial charge in [-0.3, -0.25) is 4.79 Å². The first-order valence-electron chi connectivity index (χ1n) is 3.43. The third kappa shape index (κ3) is 2.56. The molecule has 0 atom stereocenters. The van der Waals surface area contributed by atoms with Crippen LogP contribution in [0.2, 0.25) is 10.0 Å². The second-order valence-electron chi connectivity index (χ2n) is 2.30. The van der Waals surface area contributed by atoms with Crippen molar-refractivity contribution in [3.05, 3.63) is 27.7 Å². The Morgan fingerprint density at radius 2 is 2.00 bits per heavy atom. The van der Waals surface area contributed by atoms with E-state index in [9.17, 15) is 13.6 Å². The van der Waals surface area contributed by atoms with Crippen LogP contribution in [0.4, 0.5) is 8.78 Å². The first-order chi connectivity index (χ1) is 6.54. The molecule has 6 heteroatoms. The Morgan fingerprint density at radius 3 is 2.50 bits per heavy atom. The number of halogens is 4. The normalized spacial score (nSPS) is 10.4. The number of alkyl halides is 2. The average Bonchev–Trinajstić information content (AvgIpc) is 2.09. The minimum atomic E-state index is -3.01. The zero-order valence-corrected chi connectivity index (χ0v) is 8.15. The van der Waals surface area contributed by atoms with Gasteiger partial charge in [0.2, 0.25) is 0 Å². The van der Waals surface area contributed by atoms with Gasteiger partial charge in [0.1, 0.15) is 5.75 Å². The monoisotopic (exact) mass is 240 g/mol. The largest absolute Gasteiger partial charge is 0.433 e. The second kappa shape index (κ2) is 4.57. The molecule has 0 N–H and O–H groups in total. The first-order valence-corrected chi connectivity index (χ1v) is 4.19. The van der Waals surface area contributed by atoms with E-state index in [1.54, 1.807) is 0 Å². The number of aldehydes is 1. The first kappa shape index (κ1) is 11.2. The molecule has 14 heavy (non-hydrogen) atoms. The standard InChI is InChI=1S/C8H4Cl2F2O2/c9-5-1-4(3-13)7(10)6(2-5)14-8(11)12/h1-3,8H. The molecule has 0 aliphatic carbocycles. The van der Waals surface area contributed by atoms with Gasteiger partial charge in [-0.1, -0.05) is 23.2 Å². The lowest BCUT2D eigenvalue weighted by Crippen LogP contribution is -2.03. The summed E-state index contributed by atoms with van der Waals surface area (Å²) >= 11 is 11.1. The van der Waals surface area contributed by atoms with E-state index in [4.69, 9.17) is 23.2 Å². The van der Waals surface area contributed by atoms with Crippen molar-refractivity contribution in [2.45, 2.75) is 6.61 Å². The summed E-state index contributed by atoms with van der Waals surface area (Å²) in [6, 6.07) is 2.37. The number of rotatable bonds is 3. The van der Waals surface area contributed by atoms with E-state index in [2.05, 4.69) is 4.74 Å². The SMILES string of the molecule is O=Cc1cc(Cl)cc(OC(F)F)c1Cl. The molecular formula is C8H4Cl2F2O2. The quantitative estimate of drug-likeness (QED) is 0.758. The van der Waals surface area contributed by atoms with E-state index in [1.807, 2.05) is 0 Å². The molecule has 0 aliphatic rings. The van der Waals surface area contributed by atoms with Gasteiger partial charge in [-0.15, -0.1) is 0 Å². The van der Waals surface area contributed by atoms with Crippen LogP contribution in [0.1, 0.15) is 10.4 Å². The fourth-order valence-electron chi connectivity index (χ4n) is 0.852. The average molecular weight is 241 g/mol. The minimum Gasteiger partial charge on any atom is -0.433 e. The summed E-state index contributed by atoms with van der Waals surface area (Å²) < 4.78 is 27.8. The van der Waals surface area contributed by atoms with Crippen LogP contribution < -0.4 is 4.74 Å². The zero-order chi connectivity index (χ0) is 10.7. The van der Waals surface area contributed by atoms with Crippen molar-refractivity contribution in [1.29, 1.82) is 0 Å². The van der Waals surface area contributed by atoms with Crippen LogP contribution >= 0.6 is 23.2 Å². The fourth-order valence-corrected chi connectivity index (χ4v) is 1.27. The van der Waals surface area contributed by atoms with Crippen molar-refractivity contribution in [2.75, 3.05) is 0 Å². The maximum absolute atomic E-state index is 11.9. The van der Waals surface area contributed by atoms with Gasteiger partial charge in [0.25, 0.3) is 0 Å². The number of carbonyl (C=O) groups excluding carboxylic acids is 1. The van der Waals surface area contributed by atoms with Crippen LogP contribution in [0.5, 0.6) is 5.75 Å². The number of hydrogen-bond donors (Lipinski definition) is 0. The smallest absolute Gasteiger partial charge is 0.387 e. The summed E-state index contributed by atoms with van der Waals surface area (Å²) in [5, 5.41) is -0.0724. The van der Waals surface area contributed by atoms with E-state index in [0.29, 0.717) is 6.29 Å². The van der Waals surface area contributed by atoms with Crippen molar-refractivity contribution in [3.8, 4) is 5.75 Å². The number of ether oxygens (including phenoxy) is 1. The van der Waals surface area contributed by atoms with E-state index in [1.165, 1.54) is 6.07 Å². The van der Waals surface area contributed by atoms with Gasteiger partial charge in [-0.2, -0.15) is 8.78 Å². The van der Waals surface area contributed by atoms with Crippen molar-refractivity contribution in [2.24, 2.45) is 0 Å². The Bertz CT molecular complexity index is 355. The summed E-state index contributed by atoms with van der Waals surface area (Å²) in [6.07, 6.45) is 0.409. The van der Waals surface area contributed by atoms with Crippen LogP contribution in [0, 0.1) is 0 Å². The van der Waals surface area contributed by atoms with Gasteiger partial charge in [0.15, 0.2) is 6.29 Å². The molecule has 0 aliphatic heterocycles. The van der Waals surface area contributed by atoms with Crippen molar-refractivity contribution in [1.82, 2.24) is 0 Å². The molecule has 0 radical (unpaired) electrons. The predicted octanol–water partition coefficient (Wildman–Crippen LogP) is 3.41. The second-order valence-corrected chi connectivity index (χ2v) is 3.12. The molecule has 0 fully saturated rings. The highest BCUT2D eigenvalue weighted by Crippen LogP contribution is 2.32. The fraction of sp³-hybridized carbons (Fsp3) is 0.125. The van der Waals surface area contributed by atoms with Gasteiger partial charge in [-0.25, -0.2) is 0 Å². The lowest BCUT2D eigenvalue weighted by Gasteiger charge is -2.08. The molecule has 0 aromatic heterocycles. The Labute approximate surface area is 88.4 Å². The van der Waals surface area contributed by atoms with Gasteiger partial charge in [0.05, 0.1) is 5.02 Å². The third-order valence-corrected chi connectivity index (χ3v) is 2.00. The highest BCUT2D eigenvalue weighted by Gasteiger charge is 2.13. The van der Waals surface area contributed by atoms with Crippen molar-refractivity contribution in [3.63, 3.8) is 0 Å². The lowest BCUT2D eigenvalue weighted by atomic mass is 10.2. The molecule has 1 aromatic rings. The summed E-state index contributed by atoms with van der Waals surface area (Å²) in [5.74, 6) is -0.309. The summed E-state index contributed by atoms with van der Waals surface area (Å²) in [7, 11) is 0. The molecule has 0 heterocycles. The maximum Gasteiger partial charge on any atom is 0.387 e. The van der Waals surface area contributed by atoms with Crippen molar-refractivity contribution < 1.29 is 18.3 Å². The topological polar surface area (TPSA) is 26.3 Å². The third-order valence-electron chi connectivity index (χ3n) is 1.38. The highest BCUT2D eigenvalue weighted by atomic mass is 35.5. The molecular weight excluding hydrogens is 237 g/mol. The van der Waals surface area contributed by atoms with Crippen molar-refractivity contribution >= 4 is 29.5 Å². The van der Waals surface area contributed by atoms with Crippen LogP contribution in [0.3, 0.4) is 0 Å². The highest BCUT2D eigenvalue weighted by molar-refractivity contribution is 6.36. The molecule has 1 aromatic carbocycles. The van der Waals surface area contributed by atoms with Gasteiger partial charge in [0, 0.05) is 16.7 Å². The molecule has 0 saturated carbocycles. The maximum atomic E-state index is 11.9. The Hall–Kier alpha value is -0.870. The van der Waals surface area contributed by atoms with Crippen LogP contribution in [0.25, 0.3) is 0 Å². The number of carbonyl (C=O) groups is 1. The minimum absolute atomic E-state index is 0.00909. The predicted molar refractivity (Wildman–Crippen MR) is 48.5 cm³/mol. The van der Waals surface area contributed by atoms with Gasteiger partial charge < -0.3 is 4.74 Å². The molecule has 0 amide bonds. The lowest BCUT2D eigenvalue weighted by molar-refractivity contribution is -0.0498. The van der Waals surface area contributed by atoms with Gasteiger partial charge >= 0.3 is 6.61 Å². The molecule has 1 rings (SSSR count). The summed E-state index contributed by atoms with van der Waals surface area (Å²) in [6.45, 7) is -3.01. The Morgan fingerprint density at radius 1 is 1.36 bits per heavy atom. The molecule has 76 valence electrons. The van der Waals surface area contributed by atoms with E-state index >= 15 is 0 Å². The molecule has 0 bridgehead atoms. The number of hydrogen-bond acceptors (Lipinski definition) is 2.